The van der Waals surface area contributed by atoms with E-state index in [2.05, 4.69) is 10.5 Å². The summed E-state index contributed by atoms with van der Waals surface area (Å²) in [5, 5.41) is 6.04. The average Bonchev–Trinajstić information content (AvgIpc) is 3.10. The number of ether oxygens (including phenoxy) is 1. The molecule has 0 aliphatic carbocycles. The first kappa shape index (κ1) is 22.3. The molecule has 0 spiro atoms. The highest BCUT2D eigenvalue weighted by atomic mass is 35.5. The van der Waals surface area contributed by atoms with Gasteiger partial charge < -0.3 is 14.6 Å². The Morgan fingerprint density at radius 1 is 1.37 bits per heavy atom. The molecule has 0 radical (unpaired) electrons. The summed E-state index contributed by atoms with van der Waals surface area (Å²) in [4.78, 5) is 24.1. The lowest BCUT2D eigenvalue weighted by molar-refractivity contribution is -0.119. The molecule has 1 unspecified atom stereocenters. The van der Waals surface area contributed by atoms with Gasteiger partial charge in [0.1, 0.15) is 10.7 Å². The molecule has 3 rings (SSSR count). The number of hydrogen-bond donors (Lipinski definition) is 1. The molecule has 30 heavy (non-hydrogen) atoms. The van der Waals surface area contributed by atoms with Gasteiger partial charge in [0.2, 0.25) is 10.0 Å². The Morgan fingerprint density at radius 2 is 2.13 bits per heavy atom. The van der Waals surface area contributed by atoms with Gasteiger partial charge in [-0.1, -0.05) is 23.7 Å². The third-order valence-electron chi connectivity index (χ3n) is 4.63. The van der Waals surface area contributed by atoms with Gasteiger partial charge in [0.25, 0.3) is 5.91 Å². The predicted molar refractivity (Wildman–Crippen MR) is 109 cm³/mol. The largest absolute Gasteiger partial charge is 0.452 e. The van der Waals surface area contributed by atoms with E-state index in [1.165, 1.54) is 28.6 Å². The van der Waals surface area contributed by atoms with Crippen LogP contribution in [0, 0.1) is 12.8 Å². The number of carbonyl (C=O) groups excluding carboxylic acids is 2. The quantitative estimate of drug-likeness (QED) is 0.665. The molecule has 1 amide bonds. The fraction of sp³-hybridized carbons (Fsp3) is 0.421. The molecular weight excluding hydrogens is 434 g/mol. The maximum absolute atomic E-state index is 13.0. The smallest absolute Gasteiger partial charge is 0.338 e. The van der Waals surface area contributed by atoms with Gasteiger partial charge >= 0.3 is 5.97 Å². The summed E-state index contributed by atoms with van der Waals surface area (Å²) >= 11 is 6.12. The first-order valence-electron chi connectivity index (χ1n) is 9.37. The number of benzene rings is 1. The van der Waals surface area contributed by atoms with E-state index >= 15 is 0 Å². The molecule has 1 fully saturated rings. The van der Waals surface area contributed by atoms with Gasteiger partial charge in [-0.3, -0.25) is 4.79 Å². The number of aromatic nitrogens is 1. The highest BCUT2D eigenvalue weighted by molar-refractivity contribution is 7.89. The first-order chi connectivity index (χ1) is 14.2. The molecule has 1 N–H and O–H groups in total. The van der Waals surface area contributed by atoms with Crippen LogP contribution in [0.2, 0.25) is 5.02 Å². The number of halogens is 1. The second-order valence-electron chi connectivity index (χ2n) is 7.20. The summed E-state index contributed by atoms with van der Waals surface area (Å²) in [7, 11) is -3.86. The fourth-order valence-electron chi connectivity index (χ4n) is 3.15. The zero-order chi connectivity index (χ0) is 21.9. The van der Waals surface area contributed by atoms with E-state index in [0.29, 0.717) is 18.8 Å². The Morgan fingerprint density at radius 3 is 2.80 bits per heavy atom. The number of sulfonamides is 1. The Hall–Kier alpha value is -2.43. The molecule has 9 nitrogen and oxygen atoms in total. The molecular formula is C19H22ClN3O6S. The van der Waals surface area contributed by atoms with Crippen LogP contribution in [-0.4, -0.2) is 49.5 Å². The molecule has 162 valence electrons. The highest BCUT2D eigenvalue weighted by Gasteiger charge is 2.31. The SMILES string of the molecule is Cc1cc(NC(=O)COC(=O)c2ccc(Cl)c(S(=O)(=O)N3CCCC(C)C3)c2)no1. The van der Waals surface area contributed by atoms with Crippen molar-refractivity contribution in [1.29, 1.82) is 0 Å². The summed E-state index contributed by atoms with van der Waals surface area (Å²) in [6, 6.07) is 5.37. The van der Waals surface area contributed by atoms with Crippen molar-refractivity contribution in [3.63, 3.8) is 0 Å². The predicted octanol–water partition coefficient (Wildman–Crippen LogP) is 2.85. The average molecular weight is 456 g/mol. The van der Waals surface area contributed by atoms with Crippen molar-refractivity contribution in [1.82, 2.24) is 9.46 Å². The summed E-state index contributed by atoms with van der Waals surface area (Å²) in [6.07, 6.45) is 1.72. The van der Waals surface area contributed by atoms with Crippen LogP contribution in [0.25, 0.3) is 0 Å². The lowest BCUT2D eigenvalue weighted by atomic mass is 10.0. The molecule has 1 aliphatic heterocycles. The molecule has 1 saturated heterocycles. The van der Waals surface area contributed by atoms with E-state index in [9.17, 15) is 18.0 Å². The van der Waals surface area contributed by atoms with Gasteiger partial charge in [0.15, 0.2) is 12.4 Å². The number of esters is 1. The standard InChI is InChI=1S/C19H22ClN3O6S/c1-12-4-3-7-23(10-12)30(26,27)16-9-14(5-6-15(16)20)19(25)28-11-18(24)21-17-8-13(2)29-22-17/h5-6,8-9,12H,3-4,7,10-11H2,1-2H3,(H,21,22,24). The number of hydrogen-bond acceptors (Lipinski definition) is 7. The molecule has 0 saturated carbocycles. The lowest BCUT2D eigenvalue weighted by Crippen LogP contribution is -2.39. The maximum Gasteiger partial charge on any atom is 0.338 e. The lowest BCUT2D eigenvalue weighted by Gasteiger charge is -2.30. The highest BCUT2D eigenvalue weighted by Crippen LogP contribution is 2.29. The second-order valence-corrected chi connectivity index (χ2v) is 9.52. The second kappa shape index (κ2) is 9.15. The third kappa shape index (κ3) is 5.18. The van der Waals surface area contributed by atoms with Crippen molar-refractivity contribution < 1.29 is 27.3 Å². The van der Waals surface area contributed by atoms with Crippen LogP contribution >= 0.6 is 11.6 Å². The summed E-state index contributed by atoms with van der Waals surface area (Å²) < 4.78 is 37.2. The molecule has 1 aromatic carbocycles. The number of piperidine rings is 1. The summed E-state index contributed by atoms with van der Waals surface area (Å²) in [5.74, 6) is -0.501. The van der Waals surface area contributed by atoms with Gasteiger partial charge in [0, 0.05) is 19.2 Å². The number of carbonyl (C=O) groups is 2. The van der Waals surface area contributed by atoms with Gasteiger partial charge in [0.05, 0.1) is 10.6 Å². The third-order valence-corrected chi connectivity index (χ3v) is 6.98. The topological polar surface area (TPSA) is 119 Å². The fourth-order valence-corrected chi connectivity index (χ4v) is 5.25. The van der Waals surface area contributed by atoms with Crippen LogP contribution in [0.4, 0.5) is 5.82 Å². The number of rotatable bonds is 6. The Labute approximate surface area is 179 Å². The number of nitrogens with one attached hydrogen (secondary N) is 1. The van der Waals surface area contributed by atoms with Crippen molar-refractivity contribution in [2.45, 2.75) is 31.6 Å². The van der Waals surface area contributed by atoms with Crippen LogP contribution in [-0.2, 0) is 19.6 Å². The van der Waals surface area contributed by atoms with Crippen LogP contribution in [0.15, 0.2) is 33.7 Å². The number of aryl methyl sites for hydroxylation is 1. The first-order valence-corrected chi connectivity index (χ1v) is 11.2. The Bertz CT molecular complexity index is 1050. The van der Waals surface area contributed by atoms with E-state index in [-0.39, 0.29) is 27.2 Å². The molecule has 1 aromatic heterocycles. The molecule has 2 heterocycles. The van der Waals surface area contributed by atoms with Crippen molar-refractivity contribution in [2.24, 2.45) is 5.92 Å². The van der Waals surface area contributed by atoms with E-state index in [4.69, 9.17) is 20.9 Å². The van der Waals surface area contributed by atoms with Crippen LogP contribution in [0.5, 0.6) is 0 Å². The normalized spacial score (nSPS) is 17.5. The van der Waals surface area contributed by atoms with Gasteiger partial charge in [-0.15, -0.1) is 0 Å². The van der Waals surface area contributed by atoms with Crippen LogP contribution in [0.3, 0.4) is 0 Å². The Kier molecular flexibility index (Phi) is 6.79. The van der Waals surface area contributed by atoms with Crippen molar-refractivity contribution in [2.75, 3.05) is 25.0 Å². The van der Waals surface area contributed by atoms with Crippen LogP contribution < -0.4 is 5.32 Å². The molecule has 2 aromatic rings. The van der Waals surface area contributed by atoms with Gasteiger partial charge in [-0.2, -0.15) is 4.31 Å². The number of anilines is 1. The van der Waals surface area contributed by atoms with E-state index in [0.717, 1.165) is 12.8 Å². The monoisotopic (exact) mass is 455 g/mol. The zero-order valence-corrected chi connectivity index (χ0v) is 18.1. The molecule has 11 heteroatoms. The Balaban J connectivity index is 1.69. The molecule has 1 aliphatic rings. The summed E-state index contributed by atoms with van der Waals surface area (Å²) in [6.45, 7) is 3.88. The minimum absolute atomic E-state index is 0.0175. The van der Waals surface area contributed by atoms with Crippen molar-refractivity contribution >= 4 is 39.3 Å². The number of nitrogens with zero attached hydrogens (tertiary/aromatic N) is 2. The number of amides is 1. The van der Waals surface area contributed by atoms with Gasteiger partial charge in [-0.25, -0.2) is 13.2 Å². The molecule has 1 atom stereocenters. The van der Waals surface area contributed by atoms with E-state index in [1.807, 2.05) is 6.92 Å². The van der Waals surface area contributed by atoms with E-state index < -0.39 is 28.5 Å². The molecule has 0 bridgehead atoms. The van der Waals surface area contributed by atoms with E-state index in [1.54, 1.807) is 6.92 Å². The van der Waals surface area contributed by atoms with Crippen LogP contribution in [0.1, 0.15) is 35.9 Å². The van der Waals surface area contributed by atoms with Crippen molar-refractivity contribution in [3.8, 4) is 0 Å². The summed E-state index contributed by atoms with van der Waals surface area (Å²) in [5.41, 5.74) is -0.0203. The zero-order valence-electron chi connectivity index (χ0n) is 16.6. The minimum atomic E-state index is -3.86. The van der Waals surface area contributed by atoms with Crippen molar-refractivity contribution in [3.05, 3.63) is 40.6 Å². The van der Waals surface area contributed by atoms with Gasteiger partial charge in [-0.05, 0) is 43.9 Å². The minimum Gasteiger partial charge on any atom is -0.452 e. The maximum atomic E-state index is 13.0.